The van der Waals surface area contributed by atoms with Crippen molar-refractivity contribution in [3.05, 3.63) is 52.9 Å². The van der Waals surface area contributed by atoms with Crippen LogP contribution in [0, 0.1) is 0 Å². The van der Waals surface area contributed by atoms with E-state index in [2.05, 4.69) is 6.92 Å². The average Bonchev–Trinajstić information content (AvgIpc) is 2.91. The summed E-state index contributed by atoms with van der Waals surface area (Å²) in [5.74, 6) is 1.47. The van der Waals surface area contributed by atoms with E-state index in [0.29, 0.717) is 0 Å². The van der Waals surface area contributed by atoms with Crippen molar-refractivity contribution in [2.24, 2.45) is 5.73 Å². The van der Waals surface area contributed by atoms with Crippen molar-refractivity contribution in [3.8, 4) is 5.75 Å². The molecule has 1 aromatic carbocycles. The van der Waals surface area contributed by atoms with E-state index in [4.69, 9.17) is 26.5 Å². The first kappa shape index (κ1) is 14.0. The lowest BCUT2D eigenvalue weighted by atomic mass is 10.1. The smallest absolute Gasteiger partial charge is 0.171 e. The summed E-state index contributed by atoms with van der Waals surface area (Å²) in [4.78, 5) is 0. The van der Waals surface area contributed by atoms with Gasteiger partial charge in [0, 0.05) is 11.1 Å². The van der Waals surface area contributed by atoms with Gasteiger partial charge in [0.05, 0.1) is 6.26 Å². The van der Waals surface area contributed by atoms with Crippen LogP contribution in [0.5, 0.6) is 5.75 Å². The molecule has 0 aliphatic heterocycles. The monoisotopic (exact) mass is 279 g/mol. The number of hydrogen-bond donors (Lipinski definition) is 1. The normalized spacial score (nSPS) is 14.1. The molecule has 0 fully saturated rings. The highest BCUT2D eigenvalue weighted by Gasteiger charge is 2.21. The molecule has 0 aliphatic carbocycles. The molecule has 0 radical (unpaired) electrons. The van der Waals surface area contributed by atoms with Gasteiger partial charge in [0.1, 0.15) is 11.5 Å². The molecule has 0 spiro atoms. The Balaban J connectivity index is 2.22. The first-order valence-corrected chi connectivity index (χ1v) is 6.73. The molecule has 2 unspecified atom stereocenters. The topological polar surface area (TPSA) is 48.4 Å². The highest BCUT2D eigenvalue weighted by molar-refractivity contribution is 6.31. The first-order valence-electron chi connectivity index (χ1n) is 6.36. The summed E-state index contributed by atoms with van der Waals surface area (Å²) in [5, 5.41) is 0.755. The lowest BCUT2D eigenvalue weighted by molar-refractivity contribution is 0.153. The van der Waals surface area contributed by atoms with Crippen LogP contribution < -0.4 is 10.5 Å². The molecule has 102 valence electrons. The predicted octanol–water partition coefficient (Wildman–Crippen LogP) is 3.96. The van der Waals surface area contributed by atoms with E-state index < -0.39 is 0 Å². The molecule has 1 heterocycles. The molecular weight excluding hydrogens is 262 g/mol. The molecule has 2 atom stereocenters. The van der Waals surface area contributed by atoms with Crippen LogP contribution in [0.25, 0.3) is 0 Å². The number of rotatable bonds is 5. The molecule has 2 aromatic rings. The van der Waals surface area contributed by atoms with E-state index >= 15 is 0 Å². The summed E-state index contributed by atoms with van der Waals surface area (Å²) in [6, 6.07) is 9.15. The summed E-state index contributed by atoms with van der Waals surface area (Å²) < 4.78 is 11.3. The number of hydrogen-bond acceptors (Lipinski definition) is 3. The lowest BCUT2D eigenvalue weighted by Gasteiger charge is -2.21. The van der Waals surface area contributed by atoms with Crippen LogP contribution in [0.4, 0.5) is 0 Å². The molecule has 0 aliphatic rings. The first-order chi connectivity index (χ1) is 9.11. The van der Waals surface area contributed by atoms with Crippen molar-refractivity contribution >= 4 is 11.6 Å². The zero-order chi connectivity index (χ0) is 13.8. The second kappa shape index (κ2) is 6.13. The van der Waals surface area contributed by atoms with Crippen LogP contribution in [0.3, 0.4) is 0 Å². The van der Waals surface area contributed by atoms with Gasteiger partial charge in [-0.2, -0.15) is 0 Å². The van der Waals surface area contributed by atoms with E-state index in [-0.39, 0.29) is 12.1 Å². The molecule has 19 heavy (non-hydrogen) atoms. The molecule has 2 N–H and O–H groups in total. The summed E-state index contributed by atoms with van der Waals surface area (Å²) in [7, 11) is 0. The van der Waals surface area contributed by atoms with Gasteiger partial charge in [0.25, 0.3) is 0 Å². The second-order valence-corrected chi connectivity index (χ2v) is 4.93. The number of aryl methyl sites for hydroxylation is 1. The van der Waals surface area contributed by atoms with Crippen LogP contribution in [-0.2, 0) is 6.42 Å². The highest BCUT2D eigenvalue weighted by Crippen LogP contribution is 2.28. The van der Waals surface area contributed by atoms with E-state index in [0.717, 1.165) is 28.5 Å². The van der Waals surface area contributed by atoms with Crippen LogP contribution in [0.1, 0.15) is 31.3 Å². The maximum atomic E-state index is 6.10. The molecule has 1 aromatic heterocycles. The SMILES string of the molecule is CCc1cc(OC(c2ccco2)C(C)N)ccc1Cl. The van der Waals surface area contributed by atoms with E-state index in [1.807, 2.05) is 37.3 Å². The Hall–Kier alpha value is -1.45. The summed E-state index contributed by atoms with van der Waals surface area (Å²) in [6.45, 7) is 3.95. The fourth-order valence-electron chi connectivity index (χ4n) is 1.92. The molecule has 0 saturated heterocycles. The third kappa shape index (κ3) is 3.31. The molecular formula is C15H18ClNO2. The van der Waals surface area contributed by atoms with Crippen LogP contribution >= 0.6 is 11.6 Å². The maximum Gasteiger partial charge on any atom is 0.171 e. The van der Waals surface area contributed by atoms with Gasteiger partial charge in [-0.05, 0) is 49.2 Å². The average molecular weight is 280 g/mol. The summed E-state index contributed by atoms with van der Waals surface area (Å²) >= 11 is 6.10. The van der Waals surface area contributed by atoms with Gasteiger partial charge in [-0.15, -0.1) is 0 Å². The molecule has 3 nitrogen and oxygen atoms in total. The minimum Gasteiger partial charge on any atom is -0.481 e. The van der Waals surface area contributed by atoms with Gasteiger partial charge in [-0.1, -0.05) is 18.5 Å². The third-order valence-corrected chi connectivity index (χ3v) is 3.33. The standard InChI is InChI=1S/C15H18ClNO2/c1-3-11-9-12(6-7-13(11)16)19-15(10(2)17)14-5-4-8-18-14/h4-10,15H,3,17H2,1-2H3. The molecule has 2 rings (SSSR count). The van der Waals surface area contributed by atoms with E-state index in [9.17, 15) is 0 Å². The van der Waals surface area contributed by atoms with E-state index in [1.54, 1.807) is 6.26 Å². The van der Waals surface area contributed by atoms with Crippen molar-refractivity contribution in [1.82, 2.24) is 0 Å². The molecule has 0 saturated carbocycles. The van der Waals surface area contributed by atoms with Gasteiger partial charge in [0.2, 0.25) is 0 Å². The van der Waals surface area contributed by atoms with Gasteiger partial charge >= 0.3 is 0 Å². The van der Waals surface area contributed by atoms with Gasteiger partial charge in [-0.3, -0.25) is 0 Å². The maximum absolute atomic E-state index is 6.10. The lowest BCUT2D eigenvalue weighted by Crippen LogP contribution is -2.28. The number of nitrogens with two attached hydrogens (primary N) is 1. The van der Waals surface area contributed by atoms with Crippen LogP contribution in [-0.4, -0.2) is 6.04 Å². The molecule has 0 amide bonds. The fourth-order valence-corrected chi connectivity index (χ4v) is 2.17. The molecule has 4 heteroatoms. The Kier molecular flexibility index (Phi) is 4.51. The largest absolute Gasteiger partial charge is 0.481 e. The Morgan fingerprint density at radius 3 is 2.74 bits per heavy atom. The Morgan fingerprint density at radius 2 is 2.16 bits per heavy atom. The third-order valence-electron chi connectivity index (χ3n) is 2.96. The fraction of sp³-hybridized carbons (Fsp3) is 0.333. The second-order valence-electron chi connectivity index (χ2n) is 4.52. The van der Waals surface area contributed by atoms with Crippen LogP contribution in [0.2, 0.25) is 5.02 Å². The van der Waals surface area contributed by atoms with Gasteiger partial charge in [0.15, 0.2) is 6.10 Å². The Bertz CT molecular complexity index is 523. The summed E-state index contributed by atoms with van der Waals surface area (Å²) in [6.07, 6.45) is 2.17. The number of halogens is 1. The number of furan rings is 1. The Labute approximate surface area is 118 Å². The summed E-state index contributed by atoms with van der Waals surface area (Å²) in [5.41, 5.74) is 7.02. The van der Waals surface area contributed by atoms with Crippen LogP contribution in [0.15, 0.2) is 41.0 Å². The van der Waals surface area contributed by atoms with Crippen molar-refractivity contribution < 1.29 is 9.15 Å². The van der Waals surface area contributed by atoms with Crippen molar-refractivity contribution in [2.45, 2.75) is 32.4 Å². The van der Waals surface area contributed by atoms with Crippen molar-refractivity contribution in [1.29, 1.82) is 0 Å². The number of benzene rings is 1. The zero-order valence-electron chi connectivity index (χ0n) is 11.1. The minimum atomic E-state index is -0.305. The zero-order valence-corrected chi connectivity index (χ0v) is 11.9. The molecule has 0 bridgehead atoms. The highest BCUT2D eigenvalue weighted by atomic mass is 35.5. The minimum absolute atomic E-state index is 0.174. The Morgan fingerprint density at radius 1 is 1.37 bits per heavy atom. The quantitative estimate of drug-likeness (QED) is 0.901. The predicted molar refractivity (Wildman–Crippen MR) is 76.6 cm³/mol. The van der Waals surface area contributed by atoms with E-state index in [1.165, 1.54) is 0 Å². The number of ether oxygens (including phenoxy) is 1. The van der Waals surface area contributed by atoms with Crippen molar-refractivity contribution in [3.63, 3.8) is 0 Å². The van der Waals surface area contributed by atoms with Gasteiger partial charge < -0.3 is 14.9 Å². The van der Waals surface area contributed by atoms with Crippen molar-refractivity contribution in [2.75, 3.05) is 0 Å². The van der Waals surface area contributed by atoms with Gasteiger partial charge in [-0.25, -0.2) is 0 Å².